The Hall–Kier alpha value is -2.86. The first kappa shape index (κ1) is 16.0. The van der Waals surface area contributed by atoms with Crippen molar-refractivity contribution < 1.29 is 0 Å². The zero-order valence-electron chi connectivity index (χ0n) is 14.2. The van der Waals surface area contributed by atoms with Gasteiger partial charge >= 0.3 is 0 Å². The van der Waals surface area contributed by atoms with Crippen molar-refractivity contribution >= 4 is 11.1 Å². The van der Waals surface area contributed by atoms with E-state index in [-0.39, 0.29) is 0 Å². The van der Waals surface area contributed by atoms with E-state index in [1.807, 2.05) is 0 Å². The predicted octanol–water partition coefficient (Wildman–Crippen LogP) is 6.61. The first-order chi connectivity index (χ1) is 11.8. The number of benzene rings is 3. The van der Waals surface area contributed by atoms with Gasteiger partial charge in [0.15, 0.2) is 0 Å². The minimum absolute atomic E-state index is 1.24. The van der Waals surface area contributed by atoms with Crippen LogP contribution in [0.4, 0.5) is 0 Å². The van der Waals surface area contributed by atoms with Crippen molar-refractivity contribution in [1.82, 2.24) is 0 Å². The molecule has 24 heavy (non-hydrogen) atoms. The maximum absolute atomic E-state index is 2.19. The van der Waals surface area contributed by atoms with E-state index in [1.54, 1.807) is 0 Å². The summed E-state index contributed by atoms with van der Waals surface area (Å²) in [5.74, 6) is 0. The average Bonchev–Trinajstić information content (AvgIpc) is 2.67. The molecule has 0 spiro atoms. The molecule has 118 valence electrons. The van der Waals surface area contributed by atoms with Gasteiger partial charge in [-0.2, -0.15) is 0 Å². The Morgan fingerprint density at radius 3 is 1.33 bits per heavy atom. The lowest BCUT2D eigenvalue weighted by molar-refractivity contribution is 1.44. The van der Waals surface area contributed by atoms with E-state index in [0.29, 0.717) is 0 Å². The first-order valence-electron chi connectivity index (χ1n) is 8.35. The molecule has 3 rings (SSSR count). The van der Waals surface area contributed by atoms with Crippen LogP contribution in [0.1, 0.15) is 30.5 Å². The van der Waals surface area contributed by atoms with Crippen LogP contribution in [0.25, 0.3) is 11.1 Å². The molecule has 0 heteroatoms. The molecular weight excluding hydrogens is 288 g/mol. The van der Waals surface area contributed by atoms with Gasteiger partial charge in [-0.05, 0) is 47.3 Å². The van der Waals surface area contributed by atoms with Gasteiger partial charge in [0.2, 0.25) is 0 Å². The van der Waals surface area contributed by atoms with Crippen molar-refractivity contribution in [2.45, 2.75) is 13.8 Å². The van der Waals surface area contributed by atoms with Gasteiger partial charge in [0.1, 0.15) is 0 Å². The Morgan fingerprint density at radius 2 is 0.958 bits per heavy atom. The second-order valence-electron chi connectivity index (χ2n) is 5.82. The van der Waals surface area contributed by atoms with Crippen molar-refractivity contribution in [2.75, 3.05) is 0 Å². The van der Waals surface area contributed by atoms with Gasteiger partial charge in [0.05, 0.1) is 0 Å². The van der Waals surface area contributed by atoms with E-state index >= 15 is 0 Å². The fraction of sp³-hybridized carbons (Fsp3) is 0.0833. The van der Waals surface area contributed by atoms with Crippen LogP contribution in [0, 0.1) is 0 Å². The second kappa shape index (κ2) is 7.61. The third-order valence-corrected chi connectivity index (χ3v) is 4.26. The summed E-state index contributed by atoms with van der Waals surface area (Å²) in [7, 11) is 0. The predicted molar refractivity (Wildman–Crippen MR) is 105 cm³/mol. The number of allylic oxidation sites excluding steroid dienone is 3. The molecule has 0 heterocycles. The molecular formula is C24H22. The lowest BCUT2D eigenvalue weighted by atomic mass is 9.86. The summed E-state index contributed by atoms with van der Waals surface area (Å²) in [5.41, 5.74) is 7.57. The second-order valence-corrected chi connectivity index (χ2v) is 5.82. The Kier molecular flexibility index (Phi) is 5.08. The largest absolute Gasteiger partial charge is 0.0841 e. The SMILES string of the molecule is CC=C(C)C(=C(c1ccccc1)c1ccccc1)c1ccccc1. The Balaban J connectivity index is 2.37. The van der Waals surface area contributed by atoms with Crippen LogP contribution in [0.3, 0.4) is 0 Å². The van der Waals surface area contributed by atoms with Crippen molar-refractivity contribution in [2.24, 2.45) is 0 Å². The van der Waals surface area contributed by atoms with E-state index in [1.165, 1.54) is 33.4 Å². The highest BCUT2D eigenvalue weighted by molar-refractivity contribution is 6.04. The molecule has 0 radical (unpaired) electrons. The Labute approximate surface area is 144 Å². The van der Waals surface area contributed by atoms with Gasteiger partial charge in [-0.25, -0.2) is 0 Å². The fourth-order valence-corrected chi connectivity index (χ4v) is 2.98. The van der Waals surface area contributed by atoms with Crippen LogP contribution in [-0.4, -0.2) is 0 Å². The van der Waals surface area contributed by atoms with Crippen molar-refractivity contribution in [3.63, 3.8) is 0 Å². The van der Waals surface area contributed by atoms with Crippen LogP contribution < -0.4 is 0 Å². The van der Waals surface area contributed by atoms with Gasteiger partial charge in [0.25, 0.3) is 0 Å². The average molecular weight is 310 g/mol. The summed E-state index contributed by atoms with van der Waals surface area (Å²) >= 11 is 0. The maximum atomic E-state index is 2.19. The molecule has 0 amide bonds. The van der Waals surface area contributed by atoms with E-state index in [2.05, 4.69) is 111 Å². The van der Waals surface area contributed by atoms with Gasteiger partial charge in [0, 0.05) is 0 Å². The number of hydrogen-bond donors (Lipinski definition) is 0. The van der Waals surface area contributed by atoms with E-state index in [0.717, 1.165) is 0 Å². The molecule has 3 aromatic carbocycles. The third kappa shape index (κ3) is 3.38. The lowest BCUT2D eigenvalue weighted by Crippen LogP contribution is -1.96. The van der Waals surface area contributed by atoms with Crippen LogP contribution >= 0.6 is 0 Å². The first-order valence-corrected chi connectivity index (χ1v) is 8.35. The molecule has 0 fully saturated rings. The van der Waals surface area contributed by atoms with Crippen molar-refractivity contribution in [3.8, 4) is 0 Å². The van der Waals surface area contributed by atoms with E-state index in [9.17, 15) is 0 Å². The minimum atomic E-state index is 1.24. The standard InChI is InChI=1S/C24H22/c1-3-19(2)23(20-13-7-4-8-14-20)24(21-15-9-5-10-16-21)22-17-11-6-12-18-22/h3-18H,1-2H3. The topological polar surface area (TPSA) is 0 Å². The summed E-state index contributed by atoms with van der Waals surface area (Å²) in [4.78, 5) is 0. The molecule has 0 bridgehead atoms. The van der Waals surface area contributed by atoms with Crippen molar-refractivity contribution in [3.05, 3.63) is 119 Å². The zero-order chi connectivity index (χ0) is 16.8. The van der Waals surface area contributed by atoms with Crippen LogP contribution in [-0.2, 0) is 0 Å². The van der Waals surface area contributed by atoms with Gasteiger partial charge in [-0.1, -0.05) is 97.1 Å². The van der Waals surface area contributed by atoms with Crippen LogP contribution in [0.2, 0.25) is 0 Å². The van der Waals surface area contributed by atoms with E-state index < -0.39 is 0 Å². The molecule has 0 atom stereocenters. The van der Waals surface area contributed by atoms with Gasteiger partial charge in [-0.15, -0.1) is 0 Å². The molecule has 0 aliphatic carbocycles. The number of rotatable bonds is 4. The molecule has 0 aromatic heterocycles. The zero-order valence-corrected chi connectivity index (χ0v) is 14.2. The van der Waals surface area contributed by atoms with E-state index in [4.69, 9.17) is 0 Å². The molecule has 3 aromatic rings. The smallest absolute Gasteiger partial charge is 0.00303 e. The van der Waals surface area contributed by atoms with Gasteiger partial charge < -0.3 is 0 Å². The monoisotopic (exact) mass is 310 g/mol. The van der Waals surface area contributed by atoms with Crippen molar-refractivity contribution in [1.29, 1.82) is 0 Å². The fourth-order valence-electron chi connectivity index (χ4n) is 2.98. The summed E-state index contributed by atoms with van der Waals surface area (Å²) in [6.07, 6.45) is 2.19. The molecule has 0 saturated carbocycles. The quantitative estimate of drug-likeness (QED) is 0.375. The maximum Gasteiger partial charge on any atom is -0.00303 e. The summed E-state index contributed by atoms with van der Waals surface area (Å²) in [5, 5.41) is 0. The number of hydrogen-bond acceptors (Lipinski definition) is 0. The minimum Gasteiger partial charge on any atom is -0.0841 e. The molecule has 0 aliphatic heterocycles. The lowest BCUT2D eigenvalue weighted by Gasteiger charge is -2.18. The van der Waals surface area contributed by atoms with Gasteiger partial charge in [-0.3, -0.25) is 0 Å². The summed E-state index contributed by atoms with van der Waals surface area (Å²) < 4.78 is 0. The highest BCUT2D eigenvalue weighted by atomic mass is 14.2. The summed E-state index contributed by atoms with van der Waals surface area (Å²) in [6, 6.07) is 31.9. The highest BCUT2D eigenvalue weighted by Gasteiger charge is 2.14. The van der Waals surface area contributed by atoms with Crippen LogP contribution in [0.15, 0.2) is 103 Å². The highest BCUT2D eigenvalue weighted by Crippen LogP contribution is 2.36. The Bertz CT molecular complexity index is 797. The molecule has 0 saturated heterocycles. The molecule has 0 N–H and O–H groups in total. The third-order valence-electron chi connectivity index (χ3n) is 4.26. The van der Waals surface area contributed by atoms with Crippen LogP contribution in [0.5, 0.6) is 0 Å². The molecule has 0 aliphatic rings. The molecule has 0 unspecified atom stereocenters. The normalized spacial score (nSPS) is 11.2. The summed E-state index contributed by atoms with van der Waals surface area (Å²) in [6.45, 7) is 4.29. The molecule has 0 nitrogen and oxygen atoms in total. The Morgan fingerprint density at radius 1 is 0.583 bits per heavy atom.